The summed E-state index contributed by atoms with van der Waals surface area (Å²) in [5, 5.41) is 14.0. The molecule has 0 aliphatic carbocycles. The average Bonchev–Trinajstić information content (AvgIpc) is 2.62. The van der Waals surface area contributed by atoms with Gasteiger partial charge in [0.15, 0.2) is 5.82 Å². The first-order valence-electron chi connectivity index (χ1n) is 7.56. The van der Waals surface area contributed by atoms with Gasteiger partial charge in [-0.1, -0.05) is 24.3 Å². The van der Waals surface area contributed by atoms with Gasteiger partial charge in [0.25, 0.3) is 5.91 Å². The van der Waals surface area contributed by atoms with E-state index in [0.29, 0.717) is 23.7 Å². The smallest absolute Gasteiger partial charge is 0.257 e. The summed E-state index contributed by atoms with van der Waals surface area (Å²) in [5.41, 5.74) is 2.59. The van der Waals surface area contributed by atoms with Crippen LogP contribution in [0.3, 0.4) is 0 Å². The van der Waals surface area contributed by atoms with Crippen molar-refractivity contribution in [3.8, 4) is 0 Å². The molecule has 120 valence electrons. The number of amides is 1. The predicted octanol–water partition coefficient (Wildman–Crippen LogP) is 3.04. The van der Waals surface area contributed by atoms with Gasteiger partial charge in [0.1, 0.15) is 5.82 Å². The fraction of sp³-hybridized carbons (Fsp3) is 0.111. The number of carbonyl (C=O) groups is 1. The summed E-state index contributed by atoms with van der Waals surface area (Å²) in [4.78, 5) is 16.3. The van der Waals surface area contributed by atoms with Crippen LogP contribution < -0.4 is 10.6 Å². The Hall–Kier alpha value is -3.28. The fourth-order valence-electron chi connectivity index (χ4n) is 2.20. The maximum absolute atomic E-state index is 12.2. The molecule has 0 fully saturated rings. The normalized spacial score (nSPS) is 10.2. The lowest BCUT2D eigenvalue weighted by atomic mass is 10.1. The van der Waals surface area contributed by atoms with Gasteiger partial charge in [-0.3, -0.25) is 9.78 Å². The second-order valence-electron chi connectivity index (χ2n) is 5.29. The number of hydrogen-bond acceptors (Lipinski definition) is 5. The van der Waals surface area contributed by atoms with Crippen LogP contribution in [0, 0.1) is 6.92 Å². The highest BCUT2D eigenvalue weighted by molar-refractivity contribution is 6.04. The number of carbonyl (C=O) groups excluding carboxylic acids is 1. The Morgan fingerprint density at radius 1 is 1.00 bits per heavy atom. The summed E-state index contributed by atoms with van der Waals surface area (Å²) in [6, 6.07) is 14.8. The Bertz CT molecular complexity index is 818. The first-order valence-corrected chi connectivity index (χ1v) is 7.56. The molecule has 0 aliphatic heterocycles. The van der Waals surface area contributed by atoms with Crippen LogP contribution in [0.1, 0.15) is 21.5 Å². The highest BCUT2D eigenvalue weighted by atomic mass is 16.1. The van der Waals surface area contributed by atoms with Crippen LogP contribution >= 0.6 is 0 Å². The molecule has 0 aliphatic rings. The van der Waals surface area contributed by atoms with Crippen molar-refractivity contribution in [2.45, 2.75) is 13.5 Å². The van der Waals surface area contributed by atoms with E-state index in [-0.39, 0.29) is 5.91 Å². The quantitative estimate of drug-likeness (QED) is 0.755. The van der Waals surface area contributed by atoms with Crippen LogP contribution in [0.25, 0.3) is 0 Å². The van der Waals surface area contributed by atoms with Gasteiger partial charge < -0.3 is 10.6 Å². The molecule has 0 bridgehead atoms. The first kappa shape index (κ1) is 15.6. The summed E-state index contributed by atoms with van der Waals surface area (Å²) in [5.74, 6) is 0.849. The molecule has 24 heavy (non-hydrogen) atoms. The number of aryl methyl sites for hydroxylation is 1. The van der Waals surface area contributed by atoms with Gasteiger partial charge in [0, 0.05) is 24.5 Å². The summed E-state index contributed by atoms with van der Waals surface area (Å²) in [7, 11) is 0. The van der Waals surface area contributed by atoms with Gasteiger partial charge in [-0.25, -0.2) is 0 Å². The molecule has 0 radical (unpaired) electrons. The molecule has 2 N–H and O–H groups in total. The number of aromatic nitrogens is 3. The van der Waals surface area contributed by atoms with E-state index >= 15 is 0 Å². The van der Waals surface area contributed by atoms with Crippen LogP contribution in [-0.4, -0.2) is 21.1 Å². The zero-order valence-electron chi connectivity index (χ0n) is 13.2. The number of anilines is 2. The van der Waals surface area contributed by atoms with Crippen molar-refractivity contribution >= 4 is 17.5 Å². The highest BCUT2D eigenvalue weighted by Crippen LogP contribution is 2.12. The number of benzene rings is 1. The lowest BCUT2D eigenvalue weighted by Crippen LogP contribution is -2.14. The van der Waals surface area contributed by atoms with Gasteiger partial charge in [-0.15, -0.1) is 10.2 Å². The second kappa shape index (κ2) is 7.32. The lowest BCUT2D eigenvalue weighted by Gasteiger charge is -2.08. The standard InChI is InChI=1S/C18H17N5O/c1-13-5-2-3-7-15(13)18(24)21-17-9-8-16(22-23-17)20-12-14-6-4-10-19-11-14/h2-11H,12H2,1H3,(H,20,22)(H,21,23,24). The summed E-state index contributed by atoms with van der Waals surface area (Å²) < 4.78 is 0. The maximum Gasteiger partial charge on any atom is 0.257 e. The van der Waals surface area contributed by atoms with Crippen molar-refractivity contribution < 1.29 is 4.79 Å². The van der Waals surface area contributed by atoms with E-state index < -0.39 is 0 Å². The third-order valence-corrected chi connectivity index (χ3v) is 3.49. The number of nitrogens with zero attached hydrogens (tertiary/aromatic N) is 3. The van der Waals surface area contributed by atoms with Crippen LogP contribution in [0.4, 0.5) is 11.6 Å². The molecule has 1 aromatic carbocycles. The molecule has 0 saturated heterocycles. The minimum absolute atomic E-state index is 0.196. The van der Waals surface area contributed by atoms with Gasteiger partial charge in [-0.2, -0.15) is 0 Å². The van der Waals surface area contributed by atoms with Crippen molar-refractivity contribution in [3.05, 3.63) is 77.6 Å². The van der Waals surface area contributed by atoms with Gasteiger partial charge in [0.2, 0.25) is 0 Å². The van der Waals surface area contributed by atoms with E-state index in [1.807, 2.05) is 37.3 Å². The summed E-state index contributed by atoms with van der Waals surface area (Å²) >= 11 is 0. The Balaban J connectivity index is 1.60. The number of pyridine rings is 1. The Labute approximate surface area is 140 Å². The van der Waals surface area contributed by atoms with E-state index in [9.17, 15) is 4.79 Å². The van der Waals surface area contributed by atoms with Crippen LogP contribution in [0.5, 0.6) is 0 Å². The van der Waals surface area contributed by atoms with Crippen molar-refractivity contribution in [1.29, 1.82) is 0 Å². The lowest BCUT2D eigenvalue weighted by molar-refractivity contribution is 0.102. The Morgan fingerprint density at radius 3 is 2.50 bits per heavy atom. The minimum Gasteiger partial charge on any atom is -0.364 e. The average molecular weight is 319 g/mol. The summed E-state index contributed by atoms with van der Waals surface area (Å²) in [6.45, 7) is 2.50. The van der Waals surface area contributed by atoms with E-state index in [2.05, 4.69) is 25.8 Å². The molecule has 3 rings (SSSR count). The van der Waals surface area contributed by atoms with Gasteiger partial charge in [0.05, 0.1) is 0 Å². The molecule has 6 nitrogen and oxygen atoms in total. The third kappa shape index (κ3) is 3.92. The van der Waals surface area contributed by atoms with E-state index in [0.717, 1.165) is 11.1 Å². The zero-order chi connectivity index (χ0) is 16.8. The Kier molecular flexibility index (Phi) is 4.76. The molecule has 6 heteroatoms. The topological polar surface area (TPSA) is 79.8 Å². The van der Waals surface area contributed by atoms with Crippen LogP contribution in [0.15, 0.2) is 60.9 Å². The molecular weight excluding hydrogens is 302 g/mol. The van der Waals surface area contributed by atoms with Crippen LogP contribution in [0.2, 0.25) is 0 Å². The van der Waals surface area contributed by atoms with Gasteiger partial charge in [-0.05, 0) is 42.3 Å². The molecule has 0 spiro atoms. The van der Waals surface area contributed by atoms with Crippen molar-refractivity contribution in [2.24, 2.45) is 0 Å². The molecule has 2 heterocycles. The van der Waals surface area contributed by atoms with Crippen molar-refractivity contribution in [1.82, 2.24) is 15.2 Å². The minimum atomic E-state index is -0.196. The number of rotatable bonds is 5. The zero-order valence-corrected chi connectivity index (χ0v) is 13.2. The predicted molar refractivity (Wildman–Crippen MR) is 92.7 cm³/mol. The number of nitrogens with one attached hydrogen (secondary N) is 2. The van der Waals surface area contributed by atoms with Crippen molar-refractivity contribution in [3.63, 3.8) is 0 Å². The van der Waals surface area contributed by atoms with Gasteiger partial charge >= 0.3 is 0 Å². The van der Waals surface area contributed by atoms with Crippen molar-refractivity contribution in [2.75, 3.05) is 10.6 Å². The van der Waals surface area contributed by atoms with E-state index in [1.54, 1.807) is 30.6 Å². The molecule has 0 unspecified atom stereocenters. The molecular formula is C18H17N5O. The van der Waals surface area contributed by atoms with E-state index in [4.69, 9.17) is 0 Å². The Morgan fingerprint density at radius 2 is 1.79 bits per heavy atom. The fourth-order valence-corrected chi connectivity index (χ4v) is 2.20. The molecule has 0 saturated carbocycles. The third-order valence-electron chi connectivity index (χ3n) is 3.49. The largest absolute Gasteiger partial charge is 0.364 e. The second-order valence-corrected chi connectivity index (χ2v) is 5.29. The summed E-state index contributed by atoms with van der Waals surface area (Å²) in [6.07, 6.45) is 3.52. The molecule has 0 atom stereocenters. The van der Waals surface area contributed by atoms with Crippen LogP contribution in [-0.2, 0) is 6.54 Å². The monoisotopic (exact) mass is 319 g/mol. The SMILES string of the molecule is Cc1ccccc1C(=O)Nc1ccc(NCc2cccnc2)nn1. The molecule has 2 aromatic heterocycles. The highest BCUT2D eigenvalue weighted by Gasteiger charge is 2.09. The van der Waals surface area contributed by atoms with E-state index in [1.165, 1.54) is 0 Å². The molecule has 3 aromatic rings. The number of hydrogen-bond donors (Lipinski definition) is 2. The molecule has 1 amide bonds. The maximum atomic E-state index is 12.2. The first-order chi connectivity index (χ1) is 11.7.